The highest BCUT2D eigenvalue weighted by atomic mass is 14.6. The molecule has 0 heteroatoms. The predicted molar refractivity (Wildman–Crippen MR) is 73.6 cm³/mol. The maximum Gasteiger partial charge on any atom is 0.0162 e. The summed E-state index contributed by atoms with van der Waals surface area (Å²) in [7, 11) is 0. The number of hydrogen-bond acceptors (Lipinski definition) is 0. The molecule has 0 saturated heterocycles. The summed E-state index contributed by atoms with van der Waals surface area (Å²) in [5.74, 6) is 0. The van der Waals surface area contributed by atoms with Crippen LogP contribution < -0.4 is 0 Å². The molecule has 0 spiro atoms. The Morgan fingerprint density at radius 2 is 1.59 bits per heavy atom. The van der Waals surface area contributed by atoms with Crippen LogP contribution in [0.3, 0.4) is 0 Å². The number of allylic oxidation sites excluding steroid dienone is 4. The summed E-state index contributed by atoms with van der Waals surface area (Å²) in [6, 6.07) is 10.8. The van der Waals surface area contributed by atoms with Gasteiger partial charge in [0.05, 0.1) is 0 Å². The van der Waals surface area contributed by atoms with Crippen molar-refractivity contribution in [2.45, 2.75) is 34.1 Å². The van der Waals surface area contributed by atoms with E-state index in [2.05, 4.69) is 64.1 Å². The lowest BCUT2D eigenvalue weighted by atomic mass is 9.50. The van der Waals surface area contributed by atoms with Gasteiger partial charge in [-0.15, -0.1) is 0 Å². The molecule has 88 valence electrons. The van der Waals surface area contributed by atoms with E-state index in [4.69, 9.17) is 0 Å². The van der Waals surface area contributed by atoms with Gasteiger partial charge in [0, 0.05) is 10.8 Å². The van der Waals surface area contributed by atoms with Crippen LogP contribution in [-0.4, -0.2) is 0 Å². The van der Waals surface area contributed by atoms with Crippen LogP contribution in [0, 0.1) is 10.8 Å². The maximum atomic E-state index is 2.50. The van der Waals surface area contributed by atoms with E-state index in [1.54, 1.807) is 11.1 Å². The van der Waals surface area contributed by atoms with Gasteiger partial charge in [-0.2, -0.15) is 0 Å². The predicted octanol–water partition coefficient (Wildman–Crippen LogP) is 4.84. The number of rotatable bonds is 1. The lowest BCUT2D eigenvalue weighted by Crippen LogP contribution is -2.44. The molecule has 0 N–H and O–H groups in total. The molecule has 3 rings (SSSR count). The van der Waals surface area contributed by atoms with Crippen molar-refractivity contribution in [3.05, 3.63) is 53.1 Å². The maximum absolute atomic E-state index is 2.50. The second-order valence-electron chi connectivity index (χ2n) is 6.00. The highest BCUT2D eigenvalue weighted by Gasteiger charge is 2.57. The molecular formula is C17H20. The van der Waals surface area contributed by atoms with E-state index < -0.39 is 0 Å². The number of hydrogen-bond donors (Lipinski definition) is 0. The summed E-state index contributed by atoms with van der Waals surface area (Å²) in [6.07, 6.45) is 3.70. The van der Waals surface area contributed by atoms with Crippen molar-refractivity contribution in [1.82, 2.24) is 0 Å². The zero-order chi connectivity index (χ0) is 12.3. The Bertz CT molecular complexity index is 532. The molecule has 1 aromatic rings. The fraction of sp³-hybridized carbons (Fsp3) is 0.412. The molecule has 2 aliphatic rings. The topological polar surface area (TPSA) is 0 Å². The molecule has 0 amide bonds. The lowest BCUT2D eigenvalue weighted by molar-refractivity contribution is 0.176. The van der Waals surface area contributed by atoms with Gasteiger partial charge in [0.15, 0.2) is 0 Å². The van der Waals surface area contributed by atoms with Crippen LogP contribution in [0.4, 0.5) is 0 Å². The van der Waals surface area contributed by atoms with E-state index in [0.29, 0.717) is 10.8 Å². The van der Waals surface area contributed by atoms with Gasteiger partial charge in [-0.05, 0) is 31.4 Å². The Kier molecular flexibility index (Phi) is 1.99. The van der Waals surface area contributed by atoms with Gasteiger partial charge in [-0.25, -0.2) is 0 Å². The Balaban J connectivity index is 2.05. The molecule has 2 atom stereocenters. The Hall–Kier alpha value is -1.30. The first-order valence-electron chi connectivity index (χ1n) is 6.45. The minimum Gasteiger partial charge on any atom is -0.0698 e. The molecule has 0 heterocycles. The van der Waals surface area contributed by atoms with Gasteiger partial charge in [-0.1, -0.05) is 61.4 Å². The first kappa shape index (κ1) is 10.8. The molecule has 0 unspecified atom stereocenters. The monoisotopic (exact) mass is 224 g/mol. The molecule has 17 heavy (non-hydrogen) atoms. The molecule has 0 fully saturated rings. The highest BCUT2D eigenvalue weighted by Crippen LogP contribution is 2.68. The average Bonchev–Trinajstić information content (AvgIpc) is 2.61. The molecule has 0 aliphatic heterocycles. The second-order valence-corrected chi connectivity index (χ2v) is 6.00. The van der Waals surface area contributed by atoms with Crippen LogP contribution >= 0.6 is 0 Å². The second kappa shape index (κ2) is 3.13. The van der Waals surface area contributed by atoms with E-state index in [9.17, 15) is 0 Å². The molecule has 0 aromatic heterocycles. The number of fused-ring (bicyclic) bond motifs is 1. The Morgan fingerprint density at radius 1 is 0.941 bits per heavy atom. The van der Waals surface area contributed by atoms with Crippen LogP contribution in [0.5, 0.6) is 0 Å². The zero-order valence-corrected chi connectivity index (χ0v) is 11.2. The zero-order valence-electron chi connectivity index (χ0n) is 11.2. The van der Waals surface area contributed by atoms with E-state index in [1.165, 1.54) is 17.6 Å². The molecule has 0 saturated carbocycles. The van der Waals surface area contributed by atoms with E-state index >= 15 is 0 Å². The molecular weight excluding hydrogens is 204 g/mol. The fourth-order valence-electron chi connectivity index (χ4n) is 3.75. The van der Waals surface area contributed by atoms with Crippen molar-refractivity contribution in [1.29, 1.82) is 0 Å². The van der Waals surface area contributed by atoms with Crippen LogP contribution in [-0.2, 0) is 0 Å². The summed E-state index contributed by atoms with van der Waals surface area (Å²) in [5.41, 5.74) is 6.75. The molecule has 0 nitrogen and oxygen atoms in total. The van der Waals surface area contributed by atoms with Gasteiger partial charge in [0.25, 0.3) is 0 Å². The third-order valence-electron chi connectivity index (χ3n) is 5.47. The quantitative estimate of drug-likeness (QED) is 0.599. The van der Waals surface area contributed by atoms with Crippen molar-refractivity contribution in [3.8, 4) is 0 Å². The van der Waals surface area contributed by atoms with Crippen LogP contribution in [0.2, 0.25) is 0 Å². The molecule has 2 aliphatic carbocycles. The average molecular weight is 224 g/mol. The van der Waals surface area contributed by atoms with Gasteiger partial charge < -0.3 is 0 Å². The van der Waals surface area contributed by atoms with Crippen LogP contribution in [0.15, 0.2) is 47.6 Å². The molecule has 0 radical (unpaired) electrons. The normalized spacial score (nSPS) is 35.4. The Labute approximate surface area is 104 Å². The van der Waals surface area contributed by atoms with E-state index in [1.807, 2.05) is 0 Å². The summed E-state index contributed by atoms with van der Waals surface area (Å²) in [4.78, 5) is 0. The fourth-order valence-corrected chi connectivity index (χ4v) is 3.75. The van der Waals surface area contributed by atoms with Crippen molar-refractivity contribution < 1.29 is 0 Å². The first-order chi connectivity index (χ1) is 7.99. The summed E-state index contributed by atoms with van der Waals surface area (Å²) >= 11 is 0. The third kappa shape index (κ3) is 1.14. The third-order valence-corrected chi connectivity index (χ3v) is 5.47. The highest BCUT2D eigenvalue weighted by molar-refractivity contribution is 5.74. The van der Waals surface area contributed by atoms with Gasteiger partial charge in [0.1, 0.15) is 0 Å². The van der Waals surface area contributed by atoms with Gasteiger partial charge in [-0.3, -0.25) is 0 Å². The summed E-state index contributed by atoms with van der Waals surface area (Å²) in [5, 5.41) is 0. The largest absolute Gasteiger partial charge is 0.0698 e. The van der Waals surface area contributed by atoms with Crippen LogP contribution in [0.25, 0.3) is 5.57 Å². The summed E-state index contributed by atoms with van der Waals surface area (Å²) < 4.78 is 0. The van der Waals surface area contributed by atoms with Crippen molar-refractivity contribution in [2.24, 2.45) is 10.8 Å². The van der Waals surface area contributed by atoms with Crippen molar-refractivity contribution in [2.75, 3.05) is 0 Å². The van der Waals surface area contributed by atoms with E-state index in [0.717, 1.165) is 0 Å². The Morgan fingerprint density at radius 3 is 2.18 bits per heavy atom. The van der Waals surface area contributed by atoms with E-state index in [-0.39, 0.29) is 0 Å². The van der Waals surface area contributed by atoms with Crippen molar-refractivity contribution >= 4 is 5.57 Å². The smallest absolute Gasteiger partial charge is 0.0162 e. The minimum atomic E-state index is 0.294. The van der Waals surface area contributed by atoms with Gasteiger partial charge in [0.2, 0.25) is 0 Å². The summed E-state index contributed by atoms with van der Waals surface area (Å²) in [6.45, 7) is 9.41. The van der Waals surface area contributed by atoms with Crippen molar-refractivity contribution in [3.63, 3.8) is 0 Å². The van der Waals surface area contributed by atoms with Gasteiger partial charge >= 0.3 is 0 Å². The first-order valence-corrected chi connectivity index (χ1v) is 6.45. The van der Waals surface area contributed by atoms with Crippen LogP contribution in [0.1, 0.15) is 39.7 Å². The lowest BCUT2D eigenvalue weighted by Gasteiger charge is -2.53. The SMILES string of the molecule is CC1=C(C)[C@@]2(C)CC(c3ccccc3)=C[C@@]12C. The minimum absolute atomic E-state index is 0.294. The molecule has 1 aromatic carbocycles. The number of benzene rings is 1. The molecule has 0 bridgehead atoms. The standard InChI is InChI=1S/C17H20/c1-12-13(2)17(4)11-15(10-16(12,17)3)14-8-6-5-7-9-14/h5-10H,11H2,1-4H3/t16-,17+/m0/s1.